The van der Waals surface area contributed by atoms with Crippen LogP contribution in [0.25, 0.3) is 0 Å². The van der Waals surface area contributed by atoms with Crippen molar-refractivity contribution in [3.05, 3.63) is 55.7 Å². The fourth-order valence-corrected chi connectivity index (χ4v) is 3.82. The van der Waals surface area contributed by atoms with Crippen LogP contribution in [0.15, 0.2) is 28.1 Å². The molecule has 0 aliphatic heterocycles. The SMILES string of the molecule is Cc1cc(C(Br)c2ccc(F)cc2F)sc1Br. The molecule has 0 saturated carbocycles. The van der Waals surface area contributed by atoms with Crippen molar-refractivity contribution in [2.75, 3.05) is 0 Å². The van der Waals surface area contributed by atoms with Crippen molar-refractivity contribution in [2.24, 2.45) is 0 Å². The van der Waals surface area contributed by atoms with E-state index in [-0.39, 0.29) is 4.83 Å². The third-order valence-corrected chi connectivity index (χ3v) is 5.85. The van der Waals surface area contributed by atoms with Gasteiger partial charge in [0.15, 0.2) is 0 Å². The van der Waals surface area contributed by atoms with Gasteiger partial charge in [-0.05, 0) is 40.5 Å². The highest BCUT2D eigenvalue weighted by molar-refractivity contribution is 9.11. The molecule has 1 heterocycles. The van der Waals surface area contributed by atoms with Gasteiger partial charge in [0.2, 0.25) is 0 Å². The van der Waals surface area contributed by atoms with Crippen molar-refractivity contribution in [3.8, 4) is 0 Å². The molecule has 1 aromatic carbocycles. The van der Waals surface area contributed by atoms with Crippen LogP contribution in [-0.2, 0) is 0 Å². The normalized spacial score (nSPS) is 12.8. The third-order valence-electron chi connectivity index (χ3n) is 2.36. The summed E-state index contributed by atoms with van der Waals surface area (Å²) in [6.07, 6.45) is 0. The van der Waals surface area contributed by atoms with Crippen molar-refractivity contribution < 1.29 is 8.78 Å². The second-order valence-corrected chi connectivity index (χ2v) is 6.95. The predicted molar refractivity (Wildman–Crippen MR) is 73.9 cm³/mol. The van der Waals surface area contributed by atoms with E-state index >= 15 is 0 Å². The molecule has 0 aliphatic carbocycles. The van der Waals surface area contributed by atoms with Crippen molar-refractivity contribution in [3.63, 3.8) is 0 Å². The minimum atomic E-state index is -0.561. The van der Waals surface area contributed by atoms with E-state index in [1.54, 1.807) is 0 Å². The lowest BCUT2D eigenvalue weighted by Gasteiger charge is -2.09. The molecule has 90 valence electrons. The summed E-state index contributed by atoms with van der Waals surface area (Å²) >= 11 is 8.41. The third kappa shape index (κ3) is 2.77. The quantitative estimate of drug-likeness (QED) is 0.595. The van der Waals surface area contributed by atoms with E-state index in [0.717, 1.165) is 20.3 Å². The van der Waals surface area contributed by atoms with Crippen LogP contribution in [0.4, 0.5) is 8.78 Å². The number of halogens is 4. The fraction of sp³-hybridized carbons (Fsp3) is 0.167. The van der Waals surface area contributed by atoms with Crippen LogP contribution >= 0.6 is 43.2 Å². The van der Waals surface area contributed by atoms with Gasteiger partial charge in [0.05, 0.1) is 8.61 Å². The summed E-state index contributed by atoms with van der Waals surface area (Å²) in [4.78, 5) is 0.734. The lowest BCUT2D eigenvalue weighted by molar-refractivity contribution is 0.574. The maximum absolute atomic E-state index is 13.6. The fourth-order valence-electron chi connectivity index (χ4n) is 1.47. The van der Waals surface area contributed by atoms with Gasteiger partial charge in [-0.1, -0.05) is 22.0 Å². The van der Waals surface area contributed by atoms with Gasteiger partial charge in [-0.15, -0.1) is 11.3 Å². The van der Waals surface area contributed by atoms with Gasteiger partial charge in [-0.2, -0.15) is 0 Å². The maximum atomic E-state index is 13.6. The first-order chi connectivity index (χ1) is 7.99. The van der Waals surface area contributed by atoms with Crippen LogP contribution in [0.3, 0.4) is 0 Å². The minimum absolute atomic E-state index is 0.252. The van der Waals surface area contributed by atoms with Gasteiger partial charge in [0, 0.05) is 16.5 Å². The van der Waals surface area contributed by atoms with Gasteiger partial charge in [0.25, 0.3) is 0 Å². The molecule has 1 aromatic heterocycles. The number of thiophene rings is 1. The van der Waals surface area contributed by atoms with Crippen molar-refractivity contribution >= 4 is 43.2 Å². The van der Waals surface area contributed by atoms with Crippen LogP contribution in [0.2, 0.25) is 0 Å². The molecule has 0 bridgehead atoms. The number of benzene rings is 1. The molecule has 2 aromatic rings. The van der Waals surface area contributed by atoms with E-state index < -0.39 is 11.6 Å². The Labute approximate surface area is 119 Å². The minimum Gasteiger partial charge on any atom is -0.207 e. The average molecular weight is 382 g/mol. The summed E-state index contributed by atoms with van der Waals surface area (Å²) < 4.78 is 27.5. The van der Waals surface area contributed by atoms with E-state index in [4.69, 9.17) is 0 Å². The molecule has 0 nitrogen and oxygen atoms in total. The van der Waals surface area contributed by atoms with Gasteiger partial charge in [-0.25, -0.2) is 8.78 Å². The number of rotatable bonds is 2. The second-order valence-electron chi connectivity index (χ2n) is 3.63. The highest BCUT2D eigenvalue weighted by atomic mass is 79.9. The summed E-state index contributed by atoms with van der Waals surface area (Å²) in [5.74, 6) is -1.09. The molecule has 17 heavy (non-hydrogen) atoms. The monoisotopic (exact) mass is 380 g/mol. The summed E-state index contributed by atoms with van der Waals surface area (Å²) in [5.41, 5.74) is 1.55. The molecule has 2 rings (SSSR count). The Morgan fingerprint density at radius 1 is 1.24 bits per heavy atom. The molecular formula is C12H8Br2F2S. The highest BCUT2D eigenvalue weighted by Gasteiger charge is 2.18. The van der Waals surface area contributed by atoms with Crippen molar-refractivity contribution in [1.29, 1.82) is 0 Å². The topological polar surface area (TPSA) is 0 Å². The van der Waals surface area contributed by atoms with Gasteiger partial charge >= 0.3 is 0 Å². The zero-order chi connectivity index (χ0) is 12.6. The van der Waals surface area contributed by atoms with E-state index in [0.29, 0.717) is 5.56 Å². The molecular weight excluding hydrogens is 374 g/mol. The second kappa shape index (κ2) is 5.16. The zero-order valence-corrected chi connectivity index (χ0v) is 12.8. The molecule has 0 amide bonds. The maximum Gasteiger partial charge on any atom is 0.130 e. The van der Waals surface area contributed by atoms with Gasteiger partial charge < -0.3 is 0 Å². The predicted octanol–water partition coefficient (Wildman–Crippen LogP) is 5.58. The first-order valence-electron chi connectivity index (χ1n) is 4.84. The Balaban J connectivity index is 2.39. The zero-order valence-electron chi connectivity index (χ0n) is 8.81. The van der Waals surface area contributed by atoms with Crippen molar-refractivity contribution in [2.45, 2.75) is 11.8 Å². The Morgan fingerprint density at radius 3 is 2.47 bits per heavy atom. The molecule has 0 fully saturated rings. The first-order valence-corrected chi connectivity index (χ1v) is 7.36. The van der Waals surface area contributed by atoms with Crippen LogP contribution < -0.4 is 0 Å². The highest BCUT2D eigenvalue weighted by Crippen LogP contribution is 2.39. The molecule has 1 unspecified atom stereocenters. The van der Waals surface area contributed by atoms with Crippen LogP contribution in [0.1, 0.15) is 20.8 Å². The Kier molecular flexibility index (Phi) is 4.00. The number of hydrogen-bond acceptors (Lipinski definition) is 1. The van der Waals surface area contributed by atoms with Crippen LogP contribution in [-0.4, -0.2) is 0 Å². The van der Waals surface area contributed by atoms with Crippen molar-refractivity contribution in [1.82, 2.24) is 0 Å². The number of alkyl halides is 1. The molecule has 5 heteroatoms. The number of hydrogen-bond donors (Lipinski definition) is 0. The van der Waals surface area contributed by atoms with Gasteiger partial charge in [0.1, 0.15) is 11.6 Å². The Morgan fingerprint density at radius 2 is 1.94 bits per heavy atom. The lowest BCUT2D eigenvalue weighted by atomic mass is 10.1. The Hall–Kier alpha value is -0.260. The number of aryl methyl sites for hydroxylation is 1. The standard InChI is InChI=1S/C12H8Br2F2S/c1-6-4-10(17-12(6)14)11(13)8-3-2-7(15)5-9(8)16/h2-5,11H,1H3. The largest absolute Gasteiger partial charge is 0.207 e. The molecule has 0 spiro atoms. The van der Waals surface area contributed by atoms with E-state index in [2.05, 4.69) is 31.9 Å². The molecule has 0 aliphatic rings. The average Bonchev–Trinajstić information content (AvgIpc) is 2.58. The van der Waals surface area contributed by atoms with E-state index in [1.165, 1.54) is 23.5 Å². The molecule has 1 atom stereocenters. The lowest BCUT2D eigenvalue weighted by Crippen LogP contribution is -1.95. The van der Waals surface area contributed by atoms with Gasteiger partial charge in [-0.3, -0.25) is 0 Å². The molecule has 0 radical (unpaired) electrons. The Bertz CT molecular complexity index is 532. The smallest absolute Gasteiger partial charge is 0.130 e. The van der Waals surface area contributed by atoms with E-state index in [9.17, 15) is 8.78 Å². The van der Waals surface area contributed by atoms with E-state index in [1.807, 2.05) is 13.0 Å². The molecule has 0 saturated heterocycles. The summed E-state index contributed by atoms with van der Waals surface area (Å²) in [5, 5.41) is 0. The summed E-state index contributed by atoms with van der Waals surface area (Å²) in [6, 6.07) is 5.62. The van der Waals surface area contributed by atoms with Crippen LogP contribution in [0, 0.1) is 18.6 Å². The first kappa shape index (κ1) is 13.2. The molecule has 0 N–H and O–H groups in total. The van der Waals surface area contributed by atoms with Crippen LogP contribution in [0.5, 0.6) is 0 Å². The summed E-state index contributed by atoms with van der Waals surface area (Å²) in [7, 11) is 0. The summed E-state index contributed by atoms with van der Waals surface area (Å²) in [6.45, 7) is 1.98.